The van der Waals surface area contributed by atoms with Crippen molar-refractivity contribution in [2.45, 2.75) is 18.6 Å². The highest BCUT2D eigenvalue weighted by atomic mass is 79.9. The van der Waals surface area contributed by atoms with Crippen LogP contribution in [0.25, 0.3) is 0 Å². The highest BCUT2D eigenvalue weighted by Gasteiger charge is 2.29. The molecular formula is C12H10BrNO2S. The molecule has 0 fully saturated rings. The summed E-state index contributed by atoms with van der Waals surface area (Å²) >= 11 is 4.95. The van der Waals surface area contributed by atoms with E-state index in [1.807, 2.05) is 23.6 Å². The molecule has 1 aliphatic heterocycles. The van der Waals surface area contributed by atoms with Crippen molar-refractivity contribution in [3.05, 3.63) is 44.8 Å². The number of aliphatic hydroxyl groups is 1. The van der Waals surface area contributed by atoms with Crippen LogP contribution in [0.15, 0.2) is 34.2 Å². The Hall–Kier alpha value is -0.910. The standard InChI is InChI=1S/C12H10BrNO2S/c13-7-1-2-10-8(5-7)9(15)6-11(16-10)12-14-3-4-17-12/h1-5,9,11,15H,6H2/t9-,11?/m1/s1. The lowest BCUT2D eigenvalue weighted by molar-refractivity contribution is 0.0655. The zero-order valence-electron chi connectivity index (χ0n) is 8.84. The number of nitrogens with zero attached hydrogens (tertiary/aromatic N) is 1. The normalized spacial score (nSPS) is 22.9. The zero-order chi connectivity index (χ0) is 11.8. The summed E-state index contributed by atoms with van der Waals surface area (Å²) in [5.74, 6) is 0.743. The van der Waals surface area contributed by atoms with E-state index in [9.17, 15) is 5.11 Å². The average molecular weight is 312 g/mol. The first-order valence-corrected chi connectivity index (χ1v) is 6.95. The van der Waals surface area contributed by atoms with Crippen LogP contribution in [0.4, 0.5) is 0 Å². The van der Waals surface area contributed by atoms with Crippen molar-refractivity contribution in [3.63, 3.8) is 0 Å². The van der Waals surface area contributed by atoms with Gasteiger partial charge in [-0.25, -0.2) is 4.98 Å². The molecule has 0 spiro atoms. The maximum absolute atomic E-state index is 10.1. The van der Waals surface area contributed by atoms with Crippen LogP contribution >= 0.6 is 27.3 Å². The summed E-state index contributed by atoms with van der Waals surface area (Å²) in [6.07, 6.45) is 1.67. The molecule has 3 nitrogen and oxygen atoms in total. The molecule has 88 valence electrons. The molecule has 17 heavy (non-hydrogen) atoms. The Morgan fingerprint density at radius 2 is 2.35 bits per heavy atom. The van der Waals surface area contributed by atoms with Gasteiger partial charge in [-0.05, 0) is 18.2 Å². The van der Waals surface area contributed by atoms with Crippen LogP contribution in [0.1, 0.15) is 29.2 Å². The lowest BCUT2D eigenvalue weighted by Gasteiger charge is -2.28. The van der Waals surface area contributed by atoms with Gasteiger partial charge in [0.2, 0.25) is 0 Å². The molecular weight excluding hydrogens is 302 g/mol. The predicted octanol–water partition coefficient (Wildman–Crippen LogP) is 3.46. The number of rotatable bonds is 1. The van der Waals surface area contributed by atoms with E-state index in [2.05, 4.69) is 20.9 Å². The van der Waals surface area contributed by atoms with E-state index >= 15 is 0 Å². The van der Waals surface area contributed by atoms with Crippen LogP contribution in [0.5, 0.6) is 5.75 Å². The van der Waals surface area contributed by atoms with Gasteiger partial charge in [-0.15, -0.1) is 11.3 Å². The minimum atomic E-state index is -0.495. The second-order valence-corrected chi connectivity index (χ2v) is 5.75. The maximum atomic E-state index is 10.1. The van der Waals surface area contributed by atoms with Crippen molar-refractivity contribution in [1.82, 2.24) is 4.98 Å². The molecule has 0 saturated heterocycles. The quantitative estimate of drug-likeness (QED) is 0.877. The largest absolute Gasteiger partial charge is 0.483 e. The zero-order valence-corrected chi connectivity index (χ0v) is 11.2. The SMILES string of the molecule is O[C@@H]1CC(c2nccs2)Oc2ccc(Br)cc21. The Labute approximate surface area is 111 Å². The smallest absolute Gasteiger partial charge is 0.153 e. The summed E-state index contributed by atoms with van der Waals surface area (Å²) in [6, 6.07) is 5.69. The number of aromatic nitrogens is 1. The molecule has 1 aromatic heterocycles. The van der Waals surface area contributed by atoms with Gasteiger partial charge in [0.05, 0.1) is 6.10 Å². The van der Waals surface area contributed by atoms with Gasteiger partial charge in [-0.3, -0.25) is 0 Å². The first-order valence-electron chi connectivity index (χ1n) is 5.27. The van der Waals surface area contributed by atoms with Gasteiger partial charge >= 0.3 is 0 Å². The Morgan fingerprint density at radius 1 is 1.47 bits per heavy atom. The number of hydrogen-bond donors (Lipinski definition) is 1. The Kier molecular flexibility index (Phi) is 2.90. The number of thiazole rings is 1. The molecule has 2 heterocycles. The molecule has 1 N–H and O–H groups in total. The number of halogens is 1. The minimum absolute atomic E-state index is 0.140. The summed E-state index contributed by atoms with van der Waals surface area (Å²) in [7, 11) is 0. The van der Waals surface area contributed by atoms with E-state index in [4.69, 9.17) is 4.74 Å². The third-order valence-electron chi connectivity index (χ3n) is 2.76. The fourth-order valence-corrected chi connectivity index (χ4v) is 3.02. The van der Waals surface area contributed by atoms with Crippen LogP contribution in [0, 0.1) is 0 Å². The van der Waals surface area contributed by atoms with Crippen molar-refractivity contribution in [3.8, 4) is 5.75 Å². The third-order valence-corrected chi connectivity index (χ3v) is 4.13. The molecule has 0 saturated carbocycles. The molecule has 2 aromatic rings. The van der Waals surface area contributed by atoms with Crippen molar-refractivity contribution in [1.29, 1.82) is 0 Å². The van der Waals surface area contributed by atoms with E-state index in [1.54, 1.807) is 17.5 Å². The molecule has 2 atom stereocenters. The van der Waals surface area contributed by atoms with E-state index in [0.29, 0.717) is 6.42 Å². The van der Waals surface area contributed by atoms with Crippen molar-refractivity contribution in [2.24, 2.45) is 0 Å². The number of fused-ring (bicyclic) bond motifs is 1. The van der Waals surface area contributed by atoms with Crippen LogP contribution in [-0.4, -0.2) is 10.1 Å². The molecule has 0 aliphatic carbocycles. The Balaban J connectivity index is 1.96. The topological polar surface area (TPSA) is 42.4 Å². The molecule has 3 rings (SSSR count). The molecule has 0 radical (unpaired) electrons. The van der Waals surface area contributed by atoms with Gasteiger partial charge in [-0.2, -0.15) is 0 Å². The monoisotopic (exact) mass is 311 g/mol. The number of ether oxygens (including phenoxy) is 1. The summed E-state index contributed by atoms with van der Waals surface area (Å²) < 4.78 is 6.82. The molecule has 5 heteroatoms. The molecule has 0 bridgehead atoms. The van der Waals surface area contributed by atoms with Crippen LogP contribution in [0.3, 0.4) is 0 Å². The number of benzene rings is 1. The van der Waals surface area contributed by atoms with Gasteiger partial charge in [-0.1, -0.05) is 15.9 Å². The van der Waals surface area contributed by atoms with E-state index in [-0.39, 0.29) is 6.10 Å². The summed E-state index contributed by atoms with van der Waals surface area (Å²) in [5.41, 5.74) is 0.840. The summed E-state index contributed by atoms with van der Waals surface area (Å²) in [4.78, 5) is 4.24. The van der Waals surface area contributed by atoms with Gasteiger partial charge in [0.1, 0.15) is 10.8 Å². The van der Waals surface area contributed by atoms with Crippen molar-refractivity contribution >= 4 is 27.3 Å². The molecule has 1 aromatic carbocycles. The fourth-order valence-electron chi connectivity index (χ4n) is 1.96. The van der Waals surface area contributed by atoms with Crippen LogP contribution in [0.2, 0.25) is 0 Å². The lowest BCUT2D eigenvalue weighted by Crippen LogP contribution is -2.18. The average Bonchev–Trinajstić information content (AvgIpc) is 2.83. The van der Waals surface area contributed by atoms with Crippen LogP contribution in [-0.2, 0) is 0 Å². The van der Waals surface area contributed by atoms with Gasteiger partial charge in [0, 0.05) is 28.0 Å². The molecule has 0 amide bonds. The van der Waals surface area contributed by atoms with Crippen molar-refractivity contribution < 1.29 is 9.84 Å². The summed E-state index contributed by atoms with van der Waals surface area (Å²) in [6.45, 7) is 0. The van der Waals surface area contributed by atoms with Gasteiger partial charge in [0.15, 0.2) is 6.10 Å². The second kappa shape index (κ2) is 4.40. The molecule has 1 unspecified atom stereocenters. The lowest BCUT2D eigenvalue weighted by atomic mass is 9.99. The van der Waals surface area contributed by atoms with E-state index in [0.717, 1.165) is 20.8 Å². The Bertz CT molecular complexity index is 529. The first-order chi connectivity index (χ1) is 8.24. The Morgan fingerprint density at radius 3 is 3.12 bits per heavy atom. The number of hydrogen-bond acceptors (Lipinski definition) is 4. The van der Waals surface area contributed by atoms with Crippen LogP contribution < -0.4 is 4.74 Å². The second-order valence-electron chi connectivity index (χ2n) is 3.91. The first kappa shape index (κ1) is 11.2. The minimum Gasteiger partial charge on any atom is -0.483 e. The van der Waals surface area contributed by atoms with E-state index in [1.165, 1.54) is 0 Å². The highest BCUT2D eigenvalue weighted by Crippen LogP contribution is 2.42. The molecule has 1 aliphatic rings. The van der Waals surface area contributed by atoms with E-state index < -0.39 is 6.10 Å². The maximum Gasteiger partial charge on any atom is 0.153 e. The number of aliphatic hydroxyl groups excluding tert-OH is 1. The predicted molar refractivity (Wildman–Crippen MR) is 69.2 cm³/mol. The van der Waals surface area contributed by atoms with Gasteiger partial charge < -0.3 is 9.84 Å². The van der Waals surface area contributed by atoms with Crippen molar-refractivity contribution in [2.75, 3.05) is 0 Å². The summed E-state index contributed by atoms with van der Waals surface area (Å²) in [5, 5.41) is 13.0. The fraction of sp³-hybridized carbons (Fsp3) is 0.250. The third kappa shape index (κ3) is 2.10. The van der Waals surface area contributed by atoms with Gasteiger partial charge in [0.25, 0.3) is 0 Å². The highest BCUT2D eigenvalue weighted by molar-refractivity contribution is 9.10.